The molecule has 1 aliphatic heterocycles. The lowest BCUT2D eigenvalue weighted by Crippen LogP contribution is -2.44. The van der Waals surface area contributed by atoms with Gasteiger partial charge < -0.3 is 10.1 Å². The molecule has 1 fully saturated rings. The second kappa shape index (κ2) is 9.32. The van der Waals surface area contributed by atoms with E-state index in [2.05, 4.69) is 10.3 Å². The Morgan fingerprint density at radius 3 is 2.57 bits per heavy atom. The minimum absolute atomic E-state index is 0.182. The van der Waals surface area contributed by atoms with Crippen molar-refractivity contribution in [2.24, 2.45) is 0 Å². The molecule has 4 rings (SSSR count). The van der Waals surface area contributed by atoms with Gasteiger partial charge in [-0.3, -0.25) is 9.69 Å². The summed E-state index contributed by atoms with van der Waals surface area (Å²) in [6.07, 6.45) is -0.482. The fraction of sp³-hybridized carbons (Fsp3) is 0.227. The Balaban J connectivity index is 1.40. The average molecular weight is 440 g/mol. The number of rotatable bonds is 5. The fourth-order valence-corrected chi connectivity index (χ4v) is 5.13. The zero-order valence-corrected chi connectivity index (χ0v) is 18.0. The van der Waals surface area contributed by atoms with E-state index in [1.54, 1.807) is 0 Å². The summed E-state index contributed by atoms with van der Waals surface area (Å²) >= 11 is 2.96. The van der Waals surface area contributed by atoms with Gasteiger partial charge in [0.1, 0.15) is 12.6 Å². The Morgan fingerprint density at radius 1 is 1.13 bits per heavy atom. The number of carbonyl (C=O) groups is 2. The minimum atomic E-state index is -0.581. The van der Waals surface area contributed by atoms with Gasteiger partial charge in [0.2, 0.25) is 5.91 Å². The lowest BCUT2D eigenvalue weighted by molar-refractivity contribution is -0.119. The standard InChI is InChI=1S/C22H21N3O3S2/c1-15-19(17-10-6-3-7-11-17)23-21(30-15)24-20(26)18-13-29-14-25(18)22(27)28-12-16-8-4-2-5-9-16/h2-11,18H,12-14H2,1H3,(H,23,24,26)/t18-/m0/s1. The Labute approximate surface area is 183 Å². The number of thioether (sulfide) groups is 1. The molecule has 3 aromatic rings. The fourth-order valence-electron chi connectivity index (χ4n) is 3.14. The predicted molar refractivity (Wildman–Crippen MR) is 120 cm³/mol. The normalized spacial score (nSPS) is 15.8. The van der Waals surface area contributed by atoms with Gasteiger partial charge in [0.25, 0.3) is 0 Å². The number of hydrogen-bond donors (Lipinski definition) is 1. The highest BCUT2D eigenvalue weighted by molar-refractivity contribution is 7.99. The van der Waals surface area contributed by atoms with E-state index >= 15 is 0 Å². The number of thiazole rings is 1. The number of hydrogen-bond acceptors (Lipinski definition) is 6. The monoisotopic (exact) mass is 439 g/mol. The highest BCUT2D eigenvalue weighted by Crippen LogP contribution is 2.31. The van der Waals surface area contributed by atoms with Crippen molar-refractivity contribution in [2.75, 3.05) is 16.9 Å². The van der Waals surface area contributed by atoms with Crippen LogP contribution in [0.2, 0.25) is 0 Å². The van der Waals surface area contributed by atoms with Crippen LogP contribution in [-0.4, -0.2) is 39.6 Å². The number of aryl methyl sites for hydroxylation is 1. The maximum absolute atomic E-state index is 12.9. The lowest BCUT2D eigenvalue weighted by Gasteiger charge is -2.22. The molecule has 0 unspecified atom stereocenters. The molecule has 1 atom stereocenters. The lowest BCUT2D eigenvalue weighted by atomic mass is 10.1. The van der Waals surface area contributed by atoms with Crippen LogP contribution < -0.4 is 5.32 Å². The largest absolute Gasteiger partial charge is 0.445 e. The van der Waals surface area contributed by atoms with Crippen LogP contribution >= 0.6 is 23.1 Å². The highest BCUT2D eigenvalue weighted by Gasteiger charge is 2.36. The Kier molecular flexibility index (Phi) is 6.35. The first-order valence-electron chi connectivity index (χ1n) is 9.50. The van der Waals surface area contributed by atoms with Crippen LogP contribution in [-0.2, 0) is 16.1 Å². The van der Waals surface area contributed by atoms with Crippen molar-refractivity contribution in [1.29, 1.82) is 0 Å². The average Bonchev–Trinajstić information content (AvgIpc) is 3.40. The third-order valence-corrected chi connectivity index (χ3v) is 6.60. The SMILES string of the molecule is Cc1sc(NC(=O)[C@@H]2CSCN2C(=O)OCc2ccccc2)nc1-c1ccccc1. The summed E-state index contributed by atoms with van der Waals surface area (Å²) in [6.45, 7) is 2.16. The van der Waals surface area contributed by atoms with Crippen molar-refractivity contribution in [3.05, 3.63) is 71.1 Å². The van der Waals surface area contributed by atoms with Gasteiger partial charge in [-0.05, 0) is 12.5 Å². The van der Waals surface area contributed by atoms with Crippen LogP contribution in [0, 0.1) is 6.92 Å². The number of amides is 2. The topological polar surface area (TPSA) is 71.5 Å². The van der Waals surface area contributed by atoms with E-state index < -0.39 is 12.1 Å². The van der Waals surface area contributed by atoms with E-state index in [-0.39, 0.29) is 12.5 Å². The highest BCUT2D eigenvalue weighted by atomic mass is 32.2. The zero-order chi connectivity index (χ0) is 20.9. The number of ether oxygens (including phenoxy) is 1. The van der Waals surface area contributed by atoms with Crippen molar-refractivity contribution in [3.8, 4) is 11.3 Å². The van der Waals surface area contributed by atoms with Crippen molar-refractivity contribution in [2.45, 2.75) is 19.6 Å². The molecule has 2 amide bonds. The van der Waals surface area contributed by atoms with E-state index in [1.165, 1.54) is 28.0 Å². The summed E-state index contributed by atoms with van der Waals surface area (Å²) in [6, 6.07) is 18.8. The first kappa shape index (κ1) is 20.4. The molecule has 0 saturated carbocycles. The van der Waals surface area contributed by atoms with Gasteiger partial charge in [0, 0.05) is 16.2 Å². The smallest absolute Gasteiger partial charge is 0.411 e. The van der Waals surface area contributed by atoms with Gasteiger partial charge in [-0.25, -0.2) is 9.78 Å². The number of aromatic nitrogens is 1. The number of carbonyl (C=O) groups excluding carboxylic acids is 2. The molecular weight excluding hydrogens is 418 g/mol. The van der Waals surface area contributed by atoms with Gasteiger partial charge in [-0.15, -0.1) is 23.1 Å². The molecule has 0 aliphatic carbocycles. The van der Waals surface area contributed by atoms with Gasteiger partial charge in [0.05, 0.1) is 11.6 Å². The summed E-state index contributed by atoms with van der Waals surface area (Å²) in [4.78, 5) is 32.5. The van der Waals surface area contributed by atoms with Gasteiger partial charge >= 0.3 is 6.09 Å². The Hall–Kier alpha value is -2.84. The summed E-state index contributed by atoms with van der Waals surface area (Å²) in [5.74, 6) is 0.713. The van der Waals surface area contributed by atoms with Crippen LogP contribution in [0.3, 0.4) is 0 Å². The molecule has 0 radical (unpaired) electrons. The Morgan fingerprint density at radius 2 is 1.83 bits per heavy atom. The molecule has 0 bridgehead atoms. The van der Waals surface area contributed by atoms with Crippen LogP contribution in [0.4, 0.5) is 9.93 Å². The first-order valence-corrected chi connectivity index (χ1v) is 11.5. The van der Waals surface area contributed by atoms with Crippen molar-refractivity contribution in [1.82, 2.24) is 9.88 Å². The van der Waals surface area contributed by atoms with Crippen molar-refractivity contribution >= 4 is 40.2 Å². The summed E-state index contributed by atoms with van der Waals surface area (Å²) in [5, 5.41) is 3.41. The molecule has 1 aliphatic rings. The van der Waals surface area contributed by atoms with Crippen LogP contribution in [0.15, 0.2) is 60.7 Å². The van der Waals surface area contributed by atoms with Gasteiger partial charge in [0.15, 0.2) is 5.13 Å². The van der Waals surface area contributed by atoms with E-state index in [0.29, 0.717) is 16.8 Å². The number of benzene rings is 2. The summed E-state index contributed by atoms with van der Waals surface area (Å²) < 4.78 is 5.40. The third kappa shape index (κ3) is 4.66. The number of nitrogens with zero attached hydrogens (tertiary/aromatic N) is 2. The van der Waals surface area contributed by atoms with Crippen LogP contribution in [0.1, 0.15) is 10.4 Å². The van der Waals surface area contributed by atoms with E-state index in [9.17, 15) is 9.59 Å². The molecule has 2 heterocycles. The van der Waals surface area contributed by atoms with E-state index in [4.69, 9.17) is 4.74 Å². The predicted octanol–water partition coefficient (Wildman–Crippen LogP) is 4.77. The van der Waals surface area contributed by atoms with E-state index in [0.717, 1.165) is 21.7 Å². The van der Waals surface area contributed by atoms with Crippen molar-refractivity contribution < 1.29 is 14.3 Å². The second-order valence-corrected chi connectivity index (χ2v) is 9.01. The first-order chi connectivity index (χ1) is 14.6. The molecule has 30 heavy (non-hydrogen) atoms. The molecule has 1 saturated heterocycles. The molecule has 6 nitrogen and oxygen atoms in total. The van der Waals surface area contributed by atoms with Crippen molar-refractivity contribution in [3.63, 3.8) is 0 Å². The molecule has 8 heteroatoms. The van der Waals surface area contributed by atoms with Gasteiger partial charge in [-0.1, -0.05) is 60.7 Å². The molecule has 0 spiro atoms. The molecular formula is C22H21N3O3S2. The third-order valence-electron chi connectivity index (χ3n) is 4.70. The maximum atomic E-state index is 12.9. The molecule has 154 valence electrons. The second-order valence-electron chi connectivity index (χ2n) is 6.80. The summed E-state index contributed by atoms with van der Waals surface area (Å²) in [7, 11) is 0. The van der Waals surface area contributed by atoms with Crippen LogP contribution in [0.25, 0.3) is 11.3 Å². The maximum Gasteiger partial charge on any atom is 0.411 e. The van der Waals surface area contributed by atoms with E-state index in [1.807, 2.05) is 67.6 Å². The number of nitrogens with one attached hydrogen (secondary N) is 1. The quantitative estimate of drug-likeness (QED) is 0.620. The molecule has 1 N–H and O–H groups in total. The van der Waals surface area contributed by atoms with Gasteiger partial charge in [-0.2, -0.15) is 0 Å². The zero-order valence-electron chi connectivity index (χ0n) is 16.4. The minimum Gasteiger partial charge on any atom is -0.445 e. The molecule has 2 aromatic carbocycles. The number of anilines is 1. The van der Waals surface area contributed by atoms with Crippen LogP contribution in [0.5, 0.6) is 0 Å². The summed E-state index contributed by atoms with van der Waals surface area (Å²) in [5.41, 5.74) is 2.77. The molecule has 1 aromatic heterocycles. The Bertz CT molecular complexity index is 1020.